The summed E-state index contributed by atoms with van der Waals surface area (Å²) in [6.07, 6.45) is 1.59. The number of rotatable bonds is 13. The zero-order valence-corrected chi connectivity index (χ0v) is 25.0. The maximum atomic E-state index is 13.6. The molecule has 0 aromatic heterocycles. The molecule has 228 valence electrons. The minimum absolute atomic E-state index is 0.0449. The van der Waals surface area contributed by atoms with Crippen molar-refractivity contribution in [3.63, 3.8) is 0 Å². The first-order valence-corrected chi connectivity index (χ1v) is 15.0. The topological polar surface area (TPSA) is 107 Å². The first-order chi connectivity index (χ1) is 20.9. The zero-order chi connectivity index (χ0) is 30.3. The minimum atomic E-state index is -0.919. The van der Waals surface area contributed by atoms with E-state index < -0.39 is 17.9 Å². The number of carbonyl (C=O) groups excluding carboxylic acids is 1. The van der Waals surface area contributed by atoms with Crippen molar-refractivity contribution in [1.82, 2.24) is 4.90 Å². The summed E-state index contributed by atoms with van der Waals surface area (Å²) < 4.78 is 22.2. The van der Waals surface area contributed by atoms with E-state index in [2.05, 4.69) is 19.2 Å². The fraction of sp³-hybridized carbons (Fsp3) is 0.412. The Morgan fingerprint density at radius 3 is 2.30 bits per heavy atom. The van der Waals surface area contributed by atoms with E-state index in [-0.39, 0.29) is 25.2 Å². The van der Waals surface area contributed by atoms with Gasteiger partial charge >= 0.3 is 5.97 Å². The Hall–Kier alpha value is -4.08. The minimum Gasteiger partial charge on any atom is -0.491 e. The second-order valence-electron chi connectivity index (χ2n) is 10.8. The van der Waals surface area contributed by atoms with E-state index >= 15 is 0 Å². The van der Waals surface area contributed by atoms with Crippen LogP contribution in [0.5, 0.6) is 17.2 Å². The Morgan fingerprint density at radius 2 is 1.63 bits per heavy atom. The van der Waals surface area contributed by atoms with Gasteiger partial charge in [0.05, 0.1) is 19.1 Å². The van der Waals surface area contributed by atoms with E-state index in [1.54, 1.807) is 0 Å². The number of carboxylic acid groups (broad SMARTS) is 1. The maximum Gasteiger partial charge on any atom is 0.309 e. The highest BCUT2D eigenvalue weighted by atomic mass is 16.7. The fourth-order valence-electron chi connectivity index (χ4n) is 6.16. The van der Waals surface area contributed by atoms with Gasteiger partial charge in [-0.2, -0.15) is 0 Å². The average Bonchev–Trinajstić information content (AvgIpc) is 3.64. The molecule has 0 saturated carbocycles. The summed E-state index contributed by atoms with van der Waals surface area (Å²) in [5.41, 5.74) is 4.65. The van der Waals surface area contributed by atoms with E-state index in [4.69, 9.17) is 18.9 Å². The number of carboxylic acids is 1. The van der Waals surface area contributed by atoms with Crippen LogP contribution < -0.4 is 19.5 Å². The molecule has 3 atom stereocenters. The van der Waals surface area contributed by atoms with Gasteiger partial charge in [0.25, 0.3) is 0 Å². The van der Waals surface area contributed by atoms with Crippen molar-refractivity contribution in [3.05, 3.63) is 82.9 Å². The van der Waals surface area contributed by atoms with Crippen LogP contribution in [0.15, 0.2) is 60.7 Å². The lowest BCUT2D eigenvalue weighted by Crippen LogP contribution is -2.35. The standard InChI is InChI=1S/C34H40N2O7/c1-4-22-8-7-9-23(5-2)32(22)35-30(37)20-36-19-27(25-12-15-28-29(18-25)43-21-42-28)31(34(38)39)33(36)24-10-13-26(14-11-24)41-17-16-40-6-3/h7-15,18,27,31,33H,4-6,16-17,19-21H2,1-3H3,(H,35,37)(H,38,39). The lowest BCUT2D eigenvalue weighted by Gasteiger charge is -2.27. The number of amides is 1. The largest absolute Gasteiger partial charge is 0.491 e. The highest BCUT2D eigenvalue weighted by molar-refractivity contribution is 5.94. The monoisotopic (exact) mass is 588 g/mol. The number of hydrogen-bond acceptors (Lipinski definition) is 7. The van der Waals surface area contributed by atoms with Crippen molar-refractivity contribution < 1.29 is 33.6 Å². The SMILES string of the molecule is CCOCCOc1ccc(C2C(C(=O)O)C(c3ccc4c(c3)OCO4)CN2CC(=O)Nc2c(CC)cccc2CC)cc1. The number of hydrogen-bond donors (Lipinski definition) is 2. The van der Waals surface area contributed by atoms with Crippen molar-refractivity contribution in [3.8, 4) is 17.2 Å². The molecule has 3 aromatic rings. The first-order valence-electron chi connectivity index (χ1n) is 15.0. The molecular weight excluding hydrogens is 548 g/mol. The molecule has 0 spiro atoms. The zero-order valence-electron chi connectivity index (χ0n) is 25.0. The molecule has 1 amide bonds. The number of nitrogens with zero attached hydrogens (tertiary/aromatic N) is 1. The van der Waals surface area contributed by atoms with Crippen molar-refractivity contribution in [2.75, 3.05) is 45.0 Å². The summed E-state index contributed by atoms with van der Waals surface area (Å²) in [5.74, 6) is -0.348. The van der Waals surface area contributed by atoms with Crippen molar-refractivity contribution in [2.45, 2.75) is 45.6 Å². The summed E-state index contributed by atoms with van der Waals surface area (Å²) in [7, 11) is 0. The molecule has 5 rings (SSSR count). The molecule has 9 heteroatoms. The summed E-state index contributed by atoms with van der Waals surface area (Å²) in [5, 5.41) is 13.8. The Morgan fingerprint density at radius 1 is 0.930 bits per heavy atom. The van der Waals surface area contributed by atoms with Gasteiger partial charge in [0.15, 0.2) is 11.5 Å². The number of aliphatic carboxylic acids is 1. The molecule has 1 saturated heterocycles. The molecule has 0 aliphatic carbocycles. The third kappa shape index (κ3) is 6.78. The Balaban J connectivity index is 1.44. The molecule has 3 unspecified atom stereocenters. The molecule has 3 aromatic carbocycles. The number of likely N-dealkylation sites (tertiary alicyclic amines) is 1. The van der Waals surface area contributed by atoms with Crippen LogP contribution in [0.25, 0.3) is 0 Å². The maximum absolute atomic E-state index is 13.6. The van der Waals surface area contributed by atoms with Gasteiger partial charge in [-0.25, -0.2) is 0 Å². The van der Waals surface area contributed by atoms with Gasteiger partial charge in [-0.05, 0) is 66.3 Å². The predicted octanol–water partition coefficient (Wildman–Crippen LogP) is 5.44. The lowest BCUT2D eigenvalue weighted by molar-refractivity contribution is -0.143. The Labute approximate surface area is 252 Å². The predicted molar refractivity (Wildman–Crippen MR) is 163 cm³/mol. The Bertz CT molecular complexity index is 1400. The highest BCUT2D eigenvalue weighted by Gasteiger charge is 2.48. The van der Waals surface area contributed by atoms with Crippen LogP contribution in [-0.4, -0.2) is 61.6 Å². The molecule has 2 aliphatic heterocycles. The van der Waals surface area contributed by atoms with Gasteiger partial charge in [0, 0.05) is 30.8 Å². The molecular formula is C34H40N2O7. The second-order valence-corrected chi connectivity index (χ2v) is 10.8. The highest BCUT2D eigenvalue weighted by Crippen LogP contribution is 2.47. The number of anilines is 1. The van der Waals surface area contributed by atoms with Gasteiger partial charge in [0.1, 0.15) is 12.4 Å². The summed E-state index contributed by atoms with van der Waals surface area (Å²) in [6, 6.07) is 18.6. The molecule has 2 aliphatic rings. The molecule has 2 heterocycles. The third-order valence-electron chi connectivity index (χ3n) is 8.24. The fourth-order valence-corrected chi connectivity index (χ4v) is 6.16. The number of benzene rings is 3. The summed E-state index contributed by atoms with van der Waals surface area (Å²) in [6.45, 7) is 8.17. The number of ether oxygens (including phenoxy) is 4. The van der Waals surface area contributed by atoms with Gasteiger partial charge in [-0.15, -0.1) is 0 Å². The quantitative estimate of drug-likeness (QED) is 0.255. The van der Waals surface area contributed by atoms with Gasteiger partial charge in [-0.3, -0.25) is 14.5 Å². The van der Waals surface area contributed by atoms with Gasteiger partial charge < -0.3 is 29.4 Å². The van der Waals surface area contributed by atoms with Crippen LogP contribution in [0.4, 0.5) is 5.69 Å². The lowest BCUT2D eigenvalue weighted by atomic mass is 9.82. The van der Waals surface area contributed by atoms with Crippen molar-refractivity contribution in [2.24, 2.45) is 5.92 Å². The summed E-state index contributed by atoms with van der Waals surface area (Å²) in [4.78, 5) is 28.5. The van der Waals surface area contributed by atoms with Crippen LogP contribution in [0.3, 0.4) is 0 Å². The smallest absolute Gasteiger partial charge is 0.309 e. The van der Waals surface area contributed by atoms with Gasteiger partial charge in [0.2, 0.25) is 12.7 Å². The van der Waals surface area contributed by atoms with Crippen LogP contribution in [0.2, 0.25) is 0 Å². The van der Waals surface area contributed by atoms with Gasteiger partial charge in [-0.1, -0.05) is 50.2 Å². The number of carbonyl (C=O) groups is 2. The second kappa shape index (κ2) is 13.9. The van der Waals surface area contributed by atoms with Crippen LogP contribution >= 0.6 is 0 Å². The number of para-hydroxylation sites is 1. The van der Waals surface area contributed by atoms with E-state index in [9.17, 15) is 14.7 Å². The van der Waals surface area contributed by atoms with Crippen LogP contribution in [-0.2, 0) is 27.2 Å². The normalized spacial score (nSPS) is 19.4. The number of fused-ring (bicyclic) bond motifs is 1. The van der Waals surface area contributed by atoms with Crippen LogP contribution in [0.1, 0.15) is 55.0 Å². The number of nitrogens with one attached hydrogen (secondary N) is 1. The third-order valence-corrected chi connectivity index (χ3v) is 8.24. The van der Waals surface area contributed by atoms with Crippen molar-refractivity contribution in [1.29, 1.82) is 0 Å². The van der Waals surface area contributed by atoms with E-state index in [0.29, 0.717) is 43.6 Å². The summed E-state index contributed by atoms with van der Waals surface area (Å²) >= 11 is 0. The Kier molecular flexibility index (Phi) is 9.84. The van der Waals surface area contributed by atoms with Crippen LogP contribution in [0, 0.1) is 5.92 Å². The number of aryl methyl sites for hydroxylation is 2. The van der Waals surface area contributed by atoms with Crippen molar-refractivity contribution >= 4 is 17.6 Å². The molecule has 1 fully saturated rings. The van der Waals surface area contributed by atoms with E-state index in [0.717, 1.165) is 40.8 Å². The molecule has 2 N–H and O–H groups in total. The molecule has 0 radical (unpaired) electrons. The first kappa shape index (κ1) is 30.4. The molecule has 0 bridgehead atoms. The van der Waals surface area contributed by atoms with E-state index in [1.807, 2.05) is 72.5 Å². The molecule has 9 nitrogen and oxygen atoms in total. The van der Waals surface area contributed by atoms with E-state index in [1.165, 1.54) is 0 Å². The average molecular weight is 589 g/mol. The molecule has 43 heavy (non-hydrogen) atoms.